The number of amides is 1. The molecule has 1 heterocycles. The molecule has 0 aliphatic carbocycles. The molecule has 1 amide bonds. The number of esters is 2. The summed E-state index contributed by atoms with van der Waals surface area (Å²) >= 11 is 1.46. The maximum absolute atomic E-state index is 14.0. The number of likely N-dealkylation sites (N-methyl/N-ethyl adjacent to an activating group) is 1. The lowest BCUT2D eigenvalue weighted by molar-refractivity contribution is -0.153. The van der Waals surface area contributed by atoms with Crippen LogP contribution in [0.5, 0.6) is 5.75 Å². The summed E-state index contributed by atoms with van der Waals surface area (Å²) < 4.78 is 16.6. The average molecular weight is 551 g/mol. The minimum absolute atomic E-state index is 0. The minimum atomic E-state index is -1.07. The molecule has 0 aromatic heterocycles. The van der Waals surface area contributed by atoms with Crippen molar-refractivity contribution >= 4 is 47.7 Å². The third kappa shape index (κ3) is 7.87. The van der Waals surface area contributed by atoms with E-state index >= 15 is 0 Å². The number of ether oxygens (including phenoxy) is 3. The first kappa shape index (κ1) is 30.5. The second-order valence-electron chi connectivity index (χ2n) is 9.02. The van der Waals surface area contributed by atoms with Crippen molar-refractivity contribution in [2.45, 2.75) is 56.1 Å². The van der Waals surface area contributed by atoms with Gasteiger partial charge in [-0.25, -0.2) is 0 Å². The van der Waals surface area contributed by atoms with Gasteiger partial charge in [-0.2, -0.15) is 0 Å². The van der Waals surface area contributed by atoms with Gasteiger partial charge in [-0.15, -0.1) is 24.2 Å². The molecule has 0 radical (unpaired) electrons. The highest BCUT2D eigenvalue weighted by Gasteiger charge is 2.41. The Morgan fingerprint density at radius 2 is 1.70 bits per heavy atom. The van der Waals surface area contributed by atoms with Crippen molar-refractivity contribution in [2.24, 2.45) is 0 Å². The molecule has 0 bridgehead atoms. The molecule has 0 saturated heterocycles. The van der Waals surface area contributed by atoms with E-state index in [4.69, 9.17) is 14.2 Å². The molecule has 3 rings (SSSR count). The SMILES string of the molecule is COc1ccc([C@H]2Sc3ccccc3N(CC(CN(C)C(C)C)OC(C)=O)C(=O)[C@H]2OC(C)=O)cc1.Cl. The first-order valence-electron chi connectivity index (χ1n) is 11.9. The Balaban J connectivity index is 0.00000481. The summed E-state index contributed by atoms with van der Waals surface area (Å²) in [7, 11) is 3.53. The smallest absolute Gasteiger partial charge is 0.303 e. The number of hydrogen-bond donors (Lipinski definition) is 0. The number of para-hydroxylation sites is 1. The van der Waals surface area contributed by atoms with Gasteiger partial charge in [0.25, 0.3) is 5.91 Å². The number of nitrogens with zero attached hydrogens (tertiary/aromatic N) is 2. The Morgan fingerprint density at radius 3 is 2.27 bits per heavy atom. The van der Waals surface area contributed by atoms with Crippen LogP contribution < -0.4 is 9.64 Å². The van der Waals surface area contributed by atoms with Crippen LogP contribution >= 0.6 is 24.2 Å². The molecule has 0 saturated carbocycles. The Morgan fingerprint density at radius 1 is 1.05 bits per heavy atom. The van der Waals surface area contributed by atoms with Crippen LogP contribution in [0.4, 0.5) is 5.69 Å². The lowest BCUT2D eigenvalue weighted by Crippen LogP contribution is -2.49. The van der Waals surface area contributed by atoms with Crippen LogP contribution in [0.25, 0.3) is 0 Å². The van der Waals surface area contributed by atoms with E-state index in [1.807, 2.05) is 69.4 Å². The summed E-state index contributed by atoms with van der Waals surface area (Å²) in [6.07, 6.45) is -1.65. The molecule has 1 aliphatic rings. The van der Waals surface area contributed by atoms with Crippen molar-refractivity contribution in [3.05, 3.63) is 54.1 Å². The number of rotatable bonds is 9. The van der Waals surface area contributed by atoms with Crippen LogP contribution in [-0.2, 0) is 23.9 Å². The number of fused-ring (bicyclic) bond motifs is 1. The molecule has 202 valence electrons. The summed E-state index contributed by atoms with van der Waals surface area (Å²) in [5, 5.41) is -0.482. The van der Waals surface area contributed by atoms with Crippen molar-refractivity contribution in [3.63, 3.8) is 0 Å². The van der Waals surface area contributed by atoms with Gasteiger partial charge in [0, 0.05) is 31.3 Å². The van der Waals surface area contributed by atoms with Gasteiger partial charge in [-0.1, -0.05) is 24.3 Å². The number of carbonyl (C=O) groups excluding carboxylic acids is 3. The third-order valence-electron chi connectivity index (χ3n) is 6.02. The van der Waals surface area contributed by atoms with Crippen LogP contribution in [0.15, 0.2) is 53.4 Å². The monoisotopic (exact) mass is 550 g/mol. The first-order valence-corrected chi connectivity index (χ1v) is 12.7. The Hall–Kier alpha value is -2.75. The summed E-state index contributed by atoms with van der Waals surface area (Å²) in [5.74, 6) is -0.648. The zero-order valence-corrected chi connectivity index (χ0v) is 23.6. The Kier molecular flexibility index (Phi) is 11.3. The van der Waals surface area contributed by atoms with Gasteiger partial charge in [0.05, 0.1) is 24.6 Å². The van der Waals surface area contributed by atoms with E-state index in [9.17, 15) is 14.4 Å². The Bertz CT molecular complexity index is 1080. The normalized spacial score (nSPS) is 17.9. The van der Waals surface area contributed by atoms with E-state index in [1.54, 1.807) is 12.0 Å². The molecule has 0 fully saturated rings. The van der Waals surface area contributed by atoms with E-state index < -0.39 is 29.4 Å². The van der Waals surface area contributed by atoms with Gasteiger partial charge in [0.1, 0.15) is 11.9 Å². The molecule has 8 nitrogen and oxygen atoms in total. The molecule has 1 unspecified atom stereocenters. The predicted molar refractivity (Wildman–Crippen MR) is 147 cm³/mol. The fraction of sp³-hybridized carbons (Fsp3) is 0.444. The van der Waals surface area contributed by atoms with Crippen LogP contribution in [-0.4, -0.2) is 68.2 Å². The first-order chi connectivity index (χ1) is 17.1. The number of halogens is 1. The molecule has 2 aromatic carbocycles. The van der Waals surface area contributed by atoms with Crippen LogP contribution in [0.1, 0.15) is 38.5 Å². The third-order valence-corrected chi connectivity index (χ3v) is 7.40. The van der Waals surface area contributed by atoms with E-state index in [0.717, 1.165) is 10.5 Å². The number of benzene rings is 2. The van der Waals surface area contributed by atoms with Crippen LogP contribution in [0.2, 0.25) is 0 Å². The van der Waals surface area contributed by atoms with Crippen molar-refractivity contribution in [3.8, 4) is 5.75 Å². The summed E-state index contributed by atoms with van der Waals surface area (Å²) in [6, 6.07) is 15.2. The number of anilines is 1. The van der Waals surface area contributed by atoms with Crippen molar-refractivity contribution in [1.29, 1.82) is 0 Å². The van der Waals surface area contributed by atoms with Crippen molar-refractivity contribution in [1.82, 2.24) is 4.90 Å². The van der Waals surface area contributed by atoms with E-state index in [-0.39, 0.29) is 30.9 Å². The maximum atomic E-state index is 14.0. The summed E-state index contributed by atoms with van der Waals surface area (Å²) in [4.78, 5) is 42.6. The highest BCUT2D eigenvalue weighted by atomic mass is 35.5. The van der Waals surface area contributed by atoms with Gasteiger partial charge in [-0.05, 0) is 50.7 Å². The van der Waals surface area contributed by atoms with Gasteiger partial charge < -0.3 is 24.0 Å². The quantitative estimate of drug-likeness (QED) is 0.422. The number of methoxy groups -OCH3 is 1. The second kappa shape index (κ2) is 13.7. The molecular formula is C27H35ClN2O6S. The largest absolute Gasteiger partial charge is 0.497 e. The van der Waals surface area contributed by atoms with Crippen molar-refractivity contribution in [2.75, 3.05) is 32.1 Å². The number of hydrogen-bond acceptors (Lipinski definition) is 8. The van der Waals surface area contributed by atoms with Gasteiger partial charge in [0.15, 0.2) is 6.10 Å². The highest BCUT2D eigenvalue weighted by molar-refractivity contribution is 7.99. The van der Waals surface area contributed by atoms with E-state index in [1.165, 1.54) is 25.6 Å². The zero-order chi connectivity index (χ0) is 26.4. The molecule has 2 aromatic rings. The predicted octanol–water partition coefficient (Wildman–Crippen LogP) is 4.50. The van der Waals surface area contributed by atoms with E-state index in [2.05, 4.69) is 4.90 Å². The minimum Gasteiger partial charge on any atom is -0.497 e. The lowest BCUT2D eigenvalue weighted by atomic mass is 10.0. The molecule has 1 aliphatic heterocycles. The fourth-order valence-electron chi connectivity index (χ4n) is 4.00. The molecule has 0 N–H and O–H groups in total. The maximum Gasteiger partial charge on any atom is 0.303 e. The highest BCUT2D eigenvalue weighted by Crippen LogP contribution is 2.47. The van der Waals surface area contributed by atoms with Gasteiger partial charge in [0.2, 0.25) is 0 Å². The summed E-state index contributed by atoms with van der Waals surface area (Å²) in [5.41, 5.74) is 1.51. The molecular weight excluding hydrogens is 516 g/mol. The molecule has 0 spiro atoms. The topological polar surface area (TPSA) is 85.4 Å². The van der Waals surface area contributed by atoms with Gasteiger partial charge in [-0.3, -0.25) is 14.4 Å². The molecule has 10 heteroatoms. The zero-order valence-electron chi connectivity index (χ0n) is 22.0. The Labute approximate surface area is 229 Å². The number of thioether (sulfide) groups is 1. The standard InChI is InChI=1S/C27H34N2O6S.ClH/c1-17(2)28(5)15-22(34-18(3)30)16-29-23-9-7-8-10-24(23)36-26(25(27(29)32)35-19(4)31)20-11-13-21(33-6)14-12-20;/h7-14,17,22,25-26H,15-16H2,1-6H3;1H/t22?,25-,26+;/m0./s1. The number of carbonyl (C=O) groups is 3. The molecule has 37 heavy (non-hydrogen) atoms. The second-order valence-corrected chi connectivity index (χ2v) is 10.2. The average Bonchev–Trinajstić information content (AvgIpc) is 2.94. The van der Waals surface area contributed by atoms with Gasteiger partial charge >= 0.3 is 11.9 Å². The molecule has 3 atom stereocenters. The van der Waals surface area contributed by atoms with E-state index in [0.29, 0.717) is 18.0 Å². The van der Waals surface area contributed by atoms with Crippen LogP contribution in [0.3, 0.4) is 0 Å². The van der Waals surface area contributed by atoms with Crippen LogP contribution in [0, 0.1) is 0 Å². The van der Waals surface area contributed by atoms with Crippen molar-refractivity contribution < 1.29 is 28.6 Å². The fourth-order valence-corrected chi connectivity index (χ4v) is 5.32. The lowest BCUT2D eigenvalue weighted by Gasteiger charge is -2.32. The summed E-state index contributed by atoms with van der Waals surface area (Å²) in [6.45, 7) is 7.31.